The Morgan fingerprint density at radius 2 is 2.09 bits per heavy atom. The van der Waals surface area contributed by atoms with Crippen molar-refractivity contribution in [1.82, 2.24) is 0 Å². The Morgan fingerprint density at radius 3 is 2.87 bits per heavy atom. The third-order valence-electron chi connectivity index (χ3n) is 4.82. The van der Waals surface area contributed by atoms with Crippen LogP contribution in [-0.2, 0) is 12.8 Å². The second-order valence-electron chi connectivity index (χ2n) is 6.28. The molecule has 2 aliphatic rings. The Kier molecular flexibility index (Phi) is 3.85. The van der Waals surface area contributed by atoms with Crippen molar-refractivity contribution in [3.8, 4) is 11.5 Å². The van der Waals surface area contributed by atoms with Gasteiger partial charge in [-0.2, -0.15) is 0 Å². The zero-order valence-electron chi connectivity index (χ0n) is 13.4. The number of rotatable bonds is 4. The highest BCUT2D eigenvalue weighted by atomic mass is 32.1. The molecule has 23 heavy (non-hydrogen) atoms. The maximum Gasteiger partial charge on any atom is 0.231 e. The van der Waals surface area contributed by atoms with Crippen molar-refractivity contribution in [1.29, 1.82) is 0 Å². The molecule has 4 heteroatoms. The lowest BCUT2D eigenvalue weighted by atomic mass is 9.78. The number of ether oxygens (including phenoxy) is 2. The molecule has 4 rings (SSSR count). The minimum absolute atomic E-state index is 0.246. The van der Waals surface area contributed by atoms with Crippen LogP contribution < -0.4 is 9.47 Å². The van der Waals surface area contributed by atoms with Crippen LogP contribution in [0.4, 0.5) is 0 Å². The second-order valence-corrected chi connectivity index (χ2v) is 7.22. The number of benzene rings is 1. The normalized spacial score (nSPS) is 22.0. The number of nitrogens with zero attached hydrogens (tertiary/aromatic N) is 1. The van der Waals surface area contributed by atoms with Crippen LogP contribution in [0.15, 0.2) is 28.6 Å². The van der Waals surface area contributed by atoms with E-state index in [1.165, 1.54) is 28.0 Å². The standard InChI is InChI=1S/C19H21NO2S/c1-3-4-12-7-18(23-10-12)19-14-9-17-16(21-11-22-17)8-13(14)5-6-15(19)20-2/h7-10,15,19H,2-6,11H2,1H3/t15-,19-/m0/s1. The van der Waals surface area contributed by atoms with E-state index in [1.807, 2.05) is 11.3 Å². The summed E-state index contributed by atoms with van der Waals surface area (Å²) >= 11 is 1.85. The molecule has 1 aliphatic heterocycles. The lowest BCUT2D eigenvalue weighted by Gasteiger charge is -2.30. The minimum atomic E-state index is 0.246. The molecule has 2 aromatic rings. The molecule has 2 heterocycles. The van der Waals surface area contributed by atoms with Crippen molar-refractivity contribution in [2.75, 3.05) is 6.79 Å². The Bertz CT molecular complexity index is 737. The summed E-state index contributed by atoms with van der Waals surface area (Å²) in [5, 5.41) is 2.29. The van der Waals surface area contributed by atoms with E-state index in [-0.39, 0.29) is 6.04 Å². The summed E-state index contributed by atoms with van der Waals surface area (Å²) in [6.07, 6.45) is 4.39. The van der Waals surface area contributed by atoms with Gasteiger partial charge in [0.15, 0.2) is 11.5 Å². The van der Waals surface area contributed by atoms with Gasteiger partial charge >= 0.3 is 0 Å². The molecular weight excluding hydrogens is 306 g/mol. The highest BCUT2D eigenvalue weighted by molar-refractivity contribution is 7.10. The molecule has 0 amide bonds. The van der Waals surface area contributed by atoms with E-state index < -0.39 is 0 Å². The van der Waals surface area contributed by atoms with E-state index >= 15 is 0 Å². The van der Waals surface area contributed by atoms with Crippen molar-refractivity contribution in [3.05, 3.63) is 45.1 Å². The van der Waals surface area contributed by atoms with Gasteiger partial charge in [0.1, 0.15) is 0 Å². The maximum absolute atomic E-state index is 5.60. The van der Waals surface area contributed by atoms with Crippen LogP contribution >= 0.6 is 11.3 Å². The Morgan fingerprint density at radius 1 is 1.26 bits per heavy atom. The minimum Gasteiger partial charge on any atom is -0.454 e. The molecule has 0 N–H and O–H groups in total. The van der Waals surface area contributed by atoms with Gasteiger partial charge in [-0.05, 0) is 66.2 Å². The van der Waals surface area contributed by atoms with Crippen LogP contribution in [0, 0.1) is 0 Å². The largest absolute Gasteiger partial charge is 0.454 e. The summed E-state index contributed by atoms with van der Waals surface area (Å²) in [6, 6.07) is 6.93. The molecule has 1 aromatic heterocycles. The highest BCUT2D eigenvalue weighted by Crippen LogP contribution is 2.45. The lowest BCUT2D eigenvalue weighted by Crippen LogP contribution is -2.24. The molecule has 1 aromatic carbocycles. The molecule has 0 saturated heterocycles. The second kappa shape index (κ2) is 6.00. The van der Waals surface area contributed by atoms with Gasteiger partial charge in [0.2, 0.25) is 6.79 Å². The van der Waals surface area contributed by atoms with Crippen molar-refractivity contribution in [2.45, 2.75) is 44.6 Å². The molecule has 3 nitrogen and oxygen atoms in total. The predicted octanol–water partition coefficient (Wildman–Crippen LogP) is 4.58. The number of aliphatic imine (C=N–C) groups is 1. The SMILES string of the molecule is C=N[C@H]1CCc2cc3c(cc2[C@@H]1c1cc(CCC)cs1)OCO3. The highest BCUT2D eigenvalue weighted by Gasteiger charge is 2.33. The number of fused-ring (bicyclic) bond motifs is 2. The Hall–Kier alpha value is -1.81. The van der Waals surface area contributed by atoms with Gasteiger partial charge in [0.25, 0.3) is 0 Å². The molecule has 2 atom stereocenters. The summed E-state index contributed by atoms with van der Waals surface area (Å²) in [5.41, 5.74) is 4.13. The third kappa shape index (κ3) is 2.55. The fourth-order valence-corrected chi connectivity index (χ4v) is 4.82. The summed E-state index contributed by atoms with van der Waals surface area (Å²) in [4.78, 5) is 5.83. The van der Waals surface area contributed by atoms with Crippen LogP contribution in [0.2, 0.25) is 0 Å². The van der Waals surface area contributed by atoms with Crippen molar-refractivity contribution in [3.63, 3.8) is 0 Å². The Labute approximate surface area is 141 Å². The summed E-state index contributed by atoms with van der Waals surface area (Å²) in [5.74, 6) is 2.04. The molecule has 120 valence electrons. The van der Waals surface area contributed by atoms with E-state index in [0.717, 1.165) is 30.8 Å². The number of aryl methyl sites for hydroxylation is 2. The van der Waals surface area contributed by atoms with Gasteiger partial charge in [0.05, 0.1) is 6.04 Å². The van der Waals surface area contributed by atoms with Crippen LogP contribution in [0.1, 0.15) is 47.3 Å². The molecule has 1 aliphatic carbocycles. The molecule has 0 radical (unpaired) electrons. The fourth-order valence-electron chi connectivity index (χ4n) is 3.70. The average molecular weight is 327 g/mol. The fraction of sp³-hybridized carbons (Fsp3) is 0.421. The average Bonchev–Trinajstić information content (AvgIpc) is 3.20. The van der Waals surface area contributed by atoms with Crippen molar-refractivity contribution in [2.24, 2.45) is 4.99 Å². The van der Waals surface area contributed by atoms with Crippen LogP contribution in [-0.4, -0.2) is 19.6 Å². The van der Waals surface area contributed by atoms with Gasteiger partial charge in [-0.1, -0.05) is 13.3 Å². The first-order valence-corrected chi connectivity index (χ1v) is 9.13. The molecule has 0 fully saturated rings. The number of thiophene rings is 1. The molecule has 0 unspecified atom stereocenters. The molecule has 0 saturated carbocycles. The number of hydrogen-bond donors (Lipinski definition) is 0. The smallest absolute Gasteiger partial charge is 0.231 e. The molecular formula is C19H21NO2S. The molecule has 0 spiro atoms. The summed E-state index contributed by atoms with van der Waals surface area (Å²) < 4.78 is 11.1. The van der Waals surface area contributed by atoms with Gasteiger partial charge in [-0.15, -0.1) is 11.3 Å². The topological polar surface area (TPSA) is 30.8 Å². The summed E-state index contributed by atoms with van der Waals surface area (Å²) in [6.45, 7) is 6.40. The van der Waals surface area contributed by atoms with Gasteiger partial charge in [0, 0.05) is 10.8 Å². The zero-order valence-corrected chi connectivity index (χ0v) is 14.2. The van der Waals surface area contributed by atoms with Crippen LogP contribution in [0.25, 0.3) is 0 Å². The maximum atomic E-state index is 5.60. The van der Waals surface area contributed by atoms with Crippen molar-refractivity contribution >= 4 is 18.1 Å². The van der Waals surface area contributed by atoms with E-state index in [9.17, 15) is 0 Å². The third-order valence-corrected chi connectivity index (χ3v) is 5.88. The summed E-state index contributed by atoms with van der Waals surface area (Å²) in [7, 11) is 0. The first kappa shape index (κ1) is 14.8. The van der Waals surface area contributed by atoms with E-state index in [4.69, 9.17) is 9.47 Å². The Balaban J connectivity index is 1.78. The number of hydrogen-bond acceptors (Lipinski definition) is 4. The van der Waals surface area contributed by atoms with Gasteiger partial charge in [-0.25, -0.2) is 0 Å². The zero-order chi connectivity index (χ0) is 15.8. The first-order chi connectivity index (χ1) is 11.3. The van der Waals surface area contributed by atoms with Crippen LogP contribution in [0.5, 0.6) is 11.5 Å². The quantitative estimate of drug-likeness (QED) is 0.770. The van der Waals surface area contributed by atoms with E-state index in [1.54, 1.807) is 0 Å². The molecule has 0 bridgehead atoms. The predicted molar refractivity (Wildman–Crippen MR) is 94.4 cm³/mol. The monoisotopic (exact) mass is 327 g/mol. The van der Waals surface area contributed by atoms with E-state index in [2.05, 4.69) is 42.2 Å². The van der Waals surface area contributed by atoms with E-state index in [0.29, 0.717) is 12.7 Å². The lowest BCUT2D eigenvalue weighted by molar-refractivity contribution is 0.174. The van der Waals surface area contributed by atoms with Crippen LogP contribution in [0.3, 0.4) is 0 Å². The first-order valence-electron chi connectivity index (χ1n) is 8.25. The van der Waals surface area contributed by atoms with Gasteiger partial charge < -0.3 is 9.47 Å². The van der Waals surface area contributed by atoms with Crippen molar-refractivity contribution < 1.29 is 9.47 Å². The van der Waals surface area contributed by atoms with Gasteiger partial charge in [-0.3, -0.25) is 4.99 Å².